The minimum absolute atomic E-state index is 0.132. The van der Waals surface area contributed by atoms with Crippen LogP contribution in [0.5, 0.6) is 0 Å². The Bertz CT molecular complexity index is 1070. The van der Waals surface area contributed by atoms with Crippen LogP contribution in [0.1, 0.15) is 114 Å². The number of ether oxygens (including phenoxy) is 2. The summed E-state index contributed by atoms with van der Waals surface area (Å²) in [7, 11) is -1.79. The zero-order chi connectivity index (χ0) is 30.1. The third kappa shape index (κ3) is 5.90. The van der Waals surface area contributed by atoms with Crippen LogP contribution in [-0.4, -0.2) is 33.4 Å². The van der Waals surface area contributed by atoms with Crippen molar-refractivity contribution in [2.75, 3.05) is 13.2 Å². The van der Waals surface area contributed by atoms with Gasteiger partial charge in [0, 0.05) is 17.3 Å². The zero-order valence-corrected chi connectivity index (χ0v) is 29.5. The summed E-state index contributed by atoms with van der Waals surface area (Å²) < 4.78 is 19.3. The van der Waals surface area contributed by atoms with E-state index in [1.165, 1.54) is 38.5 Å². The van der Waals surface area contributed by atoms with Crippen molar-refractivity contribution in [1.29, 1.82) is 0 Å². The van der Waals surface area contributed by atoms with Gasteiger partial charge in [0.1, 0.15) is 0 Å². The van der Waals surface area contributed by atoms with Gasteiger partial charge in [-0.2, -0.15) is 0 Å². The number of rotatable bonds is 7. The highest BCUT2D eigenvalue weighted by molar-refractivity contribution is 6.74. The predicted octanol–water partition coefficient (Wildman–Crippen LogP) is 10.2. The van der Waals surface area contributed by atoms with Crippen LogP contribution >= 0.6 is 0 Å². The summed E-state index contributed by atoms with van der Waals surface area (Å²) in [6.45, 7) is 27.7. The van der Waals surface area contributed by atoms with Gasteiger partial charge in [-0.3, -0.25) is 0 Å². The molecule has 0 amide bonds. The fourth-order valence-electron chi connectivity index (χ4n) is 9.06. The Balaban J connectivity index is 1.24. The monoisotopic (exact) mass is 582 g/mol. The van der Waals surface area contributed by atoms with Crippen molar-refractivity contribution >= 4 is 8.32 Å². The summed E-state index contributed by atoms with van der Waals surface area (Å²) in [5.41, 5.74) is 4.10. The second-order valence-corrected chi connectivity index (χ2v) is 22.5. The van der Waals surface area contributed by atoms with E-state index in [0.717, 1.165) is 43.8 Å². The summed E-state index contributed by atoms with van der Waals surface area (Å²) in [5, 5.41) is 0.242. The first kappa shape index (κ1) is 31.7. The lowest BCUT2D eigenvalue weighted by atomic mass is 9.51. The Morgan fingerprint density at radius 3 is 2.32 bits per heavy atom. The van der Waals surface area contributed by atoms with Crippen molar-refractivity contribution in [3.05, 3.63) is 35.5 Å². The third-order valence-corrected chi connectivity index (χ3v) is 17.4. The van der Waals surface area contributed by atoms with Crippen LogP contribution < -0.4 is 0 Å². The molecule has 3 fully saturated rings. The van der Waals surface area contributed by atoms with E-state index in [1.807, 2.05) is 0 Å². The number of hydrogen-bond donors (Lipinski definition) is 0. The van der Waals surface area contributed by atoms with E-state index in [2.05, 4.69) is 99.7 Å². The van der Waals surface area contributed by atoms with E-state index in [9.17, 15) is 0 Å². The van der Waals surface area contributed by atoms with E-state index in [0.29, 0.717) is 11.3 Å². The fraction of sp³-hybridized carbons (Fsp3) is 0.838. The molecule has 5 aliphatic rings. The minimum Gasteiger partial charge on any atom is -0.410 e. The molecular weight excluding hydrogens is 520 g/mol. The van der Waals surface area contributed by atoms with Gasteiger partial charge in [-0.05, 0) is 92.7 Å². The molecule has 0 bridgehead atoms. The molecule has 1 aliphatic heterocycles. The molecule has 0 aromatic rings. The maximum Gasteiger partial charge on any atom is 0.192 e. The van der Waals surface area contributed by atoms with E-state index >= 15 is 0 Å². The highest BCUT2D eigenvalue weighted by Crippen LogP contribution is 2.65. The second-order valence-electron chi connectivity index (χ2n) is 17.7. The molecule has 0 aromatic carbocycles. The van der Waals surface area contributed by atoms with Crippen LogP contribution in [0.25, 0.3) is 0 Å². The molecule has 3 nitrogen and oxygen atoms in total. The molecule has 1 heterocycles. The average Bonchev–Trinajstić information content (AvgIpc) is 3.23. The first-order valence-corrected chi connectivity index (χ1v) is 19.9. The van der Waals surface area contributed by atoms with Crippen LogP contribution in [-0.2, 0) is 13.9 Å². The van der Waals surface area contributed by atoms with Gasteiger partial charge < -0.3 is 13.9 Å². The summed E-state index contributed by atoms with van der Waals surface area (Å²) in [5.74, 6) is 2.56. The van der Waals surface area contributed by atoms with Gasteiger partial charge in [0.15, 0.2) is 14.1 Å². The number of allylic oxidation sites excluding steroid dienone is 4. The standard InChI is InChI=1S/C37H62O3Si/c1-26(13-12-20-37(9)38-24-34(5,6)25-39-37)30-16-17-31-29-15-14-27-23-28(40-41(10,11)33(2,3)4)18-21-35(27,7)32(29)19-22-36(30,31)8/h14-15,18,21,26,28,30-32H,12-13,16-17,19-20,22-25H2,1-11H3/t26-,28-,30+,31-,32-,35-,36+/m0/s1. The molecular formula is C37H62O3Si. The summed E-state index contributed by atoms with van der Waals surface area (Å²) in [6, 6.07) is 0. The van der Waals surface area contributed by atoms with Crippen LogP contribution in [0.15, 0.2) is 35.5 Å². The first-order chi connectivity index (χ1) is 18.9. The third-order valence-electron chi connectivity index (χ3n) is 12.9. The fourth-order valence-corrected chi connectivity index (χ4v) is 10.3. The number of hydrogen-bond acceptors (Lipinski definition) is 3. The Morgan fingerprint density at radius 2 is 1.66 bits per heavy atom. The molecule has 1 saturated heterocycles. The van der Waals surface area contributed by atoms with Crippen molar-refractivity contribution in [2.24, 2.45) is 39.9 Å². The number of fused-ring (bicyclic) bond motifs is 5. The maximum atomic E-state index is 6.86. The van der Waals surface area contributed by atoms with E-state index < -0.39 is 14.1 Å². The molecule has 0 radical (unpaired) electrons. The maximum absolute atomic E-state index is 6.86. The average molecular weight is 583 g/mol. The molecule has 7 atom stereocenters. The topological polar surface area (TPSA) is 27.7 Å². The van der Waals surface area contributed by atoms with E-state index in [1.54, 1.807) is 11.1 Å². The molecule has 0 unspecified atom stereocenters. The zero-order valence-electron chi connectivity index (χ0n) is 28.5. The largest absolute Gasteiger partial charge is 0.410 e. The molecule has 4 heteroatoms. The lowest BCUT2D eigenvalue weighted by molar-refractivity contribution is -0.292. The highest BCUT2D eigenvalue weighted by atomic mass is 28.4. The lowest BCUT2D eigenvalue weighted by Gasteiger charge is -2.54. The van der Waals surface area contributed by atoms with Gasteiger partial charge in [0.05, 0.1) is 19.3 Å². The molecule has 4 aliphatic carbocycles. The molecule has 0 aromatic heterocycles. The Labute approximate surface area is 254 Å². The summed E-state index contributed by atoms with van der Waals surface area (Å²) >= 11 is 0. The minimum atomic E-state index is -1.79. The van der Waals surface area contributed by atoms with Crippen LogP contribution in [0.2, 0.25) is 18.1 Å². The molecule has 5 rings (SSSR count). The Kier molecular flexibility index (Phi) is 8.31. The SMILES string of the molecule is C[C@@H](CCCC1(C)OCC(C)(C)CO1)[C@H]1CC[C@H]2C3=CC=C4C[C@@H](O[Si](C)(C)C(C)(C)C)C=C[C@]4(C)[C@H]3CC[C@]12C. The van der Waals surface area contributed by atoms with Crippen molar-refractivity contribution < 1.29 is 13.9 Å². The normalized spacial score (nSPS) is 38.8. The van der Waals surface area contributed by atoms with Gasteiger partial charge in [-0.25, -0.2) is 0 Å². The van der Waals surface area contributed by atoms with E-state index in [4.69, 9.17) is 13.9 Å². The van der Waals surface area contributed by atoms with Crippen molar-refractivity contribution in [1.82, 2.24) is 0 Å². The van der Waals surface area contributed by atoms with Crippen LogP contribution in [0.3, 0.4) is 0 Å². The Morgan fingerprint density at radius 1 is 0.976 bits per heavy atom. The van der Waals surface area contributed by atoms with Crippen molar-refractivity contribution in [3.8, 4) is 0 Å². The van der Waals surface area contributed by atoms with E-state index in [-0.39, 0.29) is 22.0 Å². The van der Waals surface area contributed by atoms with Gasteiger partial charge in [0.2, 0.25) is 0 Å². The van der Waals surface area contributed by atoms with Crippen molar-refractivity contribution in [2.45, 2.75) is 144 Å². The molecule has 2 saturated carbocycles. The molecule has 0 N–H and O–H groups in total. The Hall–Kier alpha value is -0.683. The predicted molar refractivity (Wildman–Crippen MR) is 174 cm³/mol. The van der Waals surface area contributed by atoms with Gasteiger partial charge in [-0.15, -0.1) is 0 Å². The highest BCUT2D eigenvalue weighted by Gasteiger charge is 2.56. The van der Waals surface area contributed by atoms with Crippen LogP contribution in [0, 0.1) is 39.9 Å². The smallest absolute Gasteiger partial charge is 0.192 e. The molecule has 0 spiro atoms. The lowest BCUT2D eigenvalue weighted by Crippen LogP contribution is -2.47. The molecule has 232 valence electrons. The quantitative estimate of drug-likeness (QED) is 0.221. The summed E-state index contributed by atoms with van der Waals surface area (Å²) in [6.07, 6.45) is 20.3. The van der Waals surface area contributed by atoms with Crippen LogP contribution in [0.4, 0.5) is 0 Å². The van der Waals surface area contributed by atoms with Gasteiger partial charge >= 0.3 is 0 Å². The second kappa shape index (κ2) is 10.7. The first-order valence-electron chi connectivity index (χ1n) is 17.0. The van der Waals surface area contributed by atoms with Crippen molar-refractivity contribution in [3.63, 3.8) is 0 Å². The summed E-state index contributed by atoms with van der Waals surface area (Å²) in [4.78, 5) is 0. The van der Waals surface area contributed by atoms with Gasteiger partial charge in [0.25, 0.3) is 0 Å². The molecule has 41 heavy (non-hydrogen) atoms. The van der Waals surface area contributed by atoms with Gasteiger partial charge in [-0.1, -0.05) is 97.3 Å².